The minimum absolute atomic E-state index is 0.0806. The molecule has 1 atom stereocenters. The molecule has 8 heteroatoms. The van der Waals surface area contributed by atoms with Crippen molar-refractivity contribution in [1.82, 2.24) is 10.2 Å². The Morgan fingerprint density at radius 2 is 1.33 bits per heavy atom. The van der Waals surface area contributed by atoms with E-state index in [-0.39, 0.29) is 23.8 Å². The Balaban J connectivity index is 1.78. The fraction of sp³-hybridized carbons (Fsp3) is 0.257. The molecule has 4 aromatic rings. The van der Waals surface area contributed by atoms with Crippen molar-refractivity contribution in [2.45, 2.75) is 51.1 Å². The molecule has 7 nitrogen and oxygen atoms in total. The second-order valence-electron chi connectivity index (χ2n) is 10.5. The average molecular weight is 598 g/mol. The van der Waals surface area contributed by atoms with Gasteiger partial charge in [-0.1, -0.05) is 97.4 Å². The van der Waals surface area contributed by atoms with Crippen LogP contribution in [-0.2, 0) is 39.0 Å². The molecule has 0 aliphatic heterocycles. The molecule has 0 bridgehead atoms. The van der Waals surface area contributed by atoms with E-state index in [0.29, 0.717) is 12.2 Å². The summed E-state index contributed by atoms with van der Waals surface area (Å²) in [5.41, 5.74) is 4.23. The summed E-state index contributed by atoms with van der Waals surface area (Å²) in [6.07, 6.45) is 1.07. The van der Waals surface area contributed by atoms with E-state index in [1.54, 1.807) is 30.3 Å². The molecule has 224 valence electrons. The summed E-state index contributed by atoms with van der Waals surface area (Å²) in [5, 5.41) is 2.89. The molecular formula is C35H39N3O4S. The first-order valence-corrected chi connectivity index (χ1v) is 16.0. The van der Waals surface area contributed by atoms with Crippen LogP contribution in [0.4, 0.5) is 5.69 Å². The van der Waals surface area contributed by atoms with Crippen LogP contribution >= 0.6 is 0 Å². The highest BCUT2D eigenvalue weighted by molar-refractivity contribution is 7.92. The summed E-state index contributed by atoms with van der Waals surface area (Å²) in [7, 11) is -4.11. The van der Waals surface area contributed by atoms with Gasteiger partial charge < -0.3 is 10.2 Å². The highest BCUT2D eigenvalue weighted by atomic mass is 32.2. The van der Waals surface area contributed by atoms with Crippen molar-refractivity contribution < 1.29 is 18.0 Å². The molecule has 0 saturated heterocycles. The topological polar surface area (TPSA) is 86.8 Å². The number of aryl methyl sites for hydroxylation is 2. The lowest BCUT2D eigenvalue weighted by atomic mass is 10.0. The number of likely N-dealkylation sites (N-methyl/N-ethyl adjacent to an activating group) is 1. The molecule has 0 aliphatic carbocycles. The Labute approximate surface area is 255 Å². The van der Waals surface area contributed by atoms with Gasteiger partial charge in [0.05, 0.1) is 10.6 Å². The standard InChI is InChI=1S/C35H39N3O4S/c1-4-28-20-22-31(23-21-28)38(43(41,42)32-14-10-7-11-15-32)26-34(39)37(25-30-18-16-27(3)17-19-30)33(35(40)36-5-2)24-29-12-8-6-9-13-29/h6-23,33H,4-5,24-26H2,1-3H3,(H,36,40)/t33-/m0/s1. The quantitative estimate of drug-likeness (QED) is 0.220. The second kappa shape index (κ2) is 14.6. The number of sulfonamides is 1. The zero-order valence-corrected chi connectivity index (χ0v) is 25.8. The highest BCUT2D eigenvalue weighted by Gasteiger charge is 2.34. The van der Waals surface area contributed by atoms with Gasteiger partial charge in [-0.25, -0.2) is 8.42 Å². The predicted octanol–water partition coefficient (Wildman–Crippen LogP) is 5.53. The third kappa shape index (κ3) is 8.11. The number of rotatable bonds is 13. The van der Waals surface area contributed by atoms with Crippen molar-refractivity contribution in [3.05, 3.63) is 131 Å². The molecular weight excluding hydrogens is 558 g/mol. The minimum atomic E-state index is -4.11. The van der Waals surface area contributed by atoms with Gasteiger partial charge >= 0.3 is 0 Å². The third-order valence-electron chi connectivity index (χ3n) is 7.34. The van der Waals surface area contributed by atoms with E-state index in [1.165, 1.54) is 17.0 Å². The van der Waals surface area contributed by atoms with Crippen LogP contribution in [-0.4, -0.2) is 44.3 Å². The molecule has 1 N–H and O–H groups in total. The maximum atomic E-state index is 14.4. The lowest BCUT2D eigenvalue weighted by Gasteiger charge is -2.34. The van der Waals surface area contributed by atoms with Gasteiger partial charge in [0.2, 0.25) is 11.8 Å². The van der Waals surface area contributed by atoms with E-state index >= 15 is 0 Å². The predicted molar refractivity (Wildman–Crippen MR) is 171 cm³/mol. The van der Waals surface area contributed by atoms with E-state index in [4.69, 9.17) is 0 Å². The zero-order chi connectivity index (χ0) is 30.8. The number of hydrogen-bond acceptors (Lipinski definition) is 4. The number of carbonyl (C=O) groups is 2. The average Bonchev–Trinajstić information content (AvgIpc) is 3.03. The van der Waals surface area contributed by atoms with Gasteiger partial charge in [-0.15, -0.1) is 0 Å². The van der Waals surface area contributed by atoms with Crippen molar-refractivity contribution in [3.63, 3.8) is 0 Å². The Kier molecular flexibility index (Phi) is 10.7. The summed E-state index contributed by atoms with van der Waals surface area (Å²) in [4.78, 5) is 29.5. The second-order valence-corrected chi connectivity index (χ2v) is 12.3. The number of hydrogen-bond donors (Lipinski definition) is 1. The summed E-state index contributed by atoms with van der Waals surface area (Å²) >= 11 is 0. The number of nitrogens with zero attached hydrogens (tertiary/aromatic N) is 2. The normalized spacial score (nSPS) is 11.9. The number of amides is 2. The Hall–Kier alpha value is -4.43. The van der Waals surface area contributed by atoms with Gasteiger partial charge in [0.15, 0.2) is 0 Å². The molecule has 43 heavy (non-hydrogen) atoms. The van der Waals surface area contributed by atoms with Crippen LogP contribution in [0, 0.1) is 6.92 Å². The van der Waals surface area contributed by atoms with Crippen molar-refractivity contribution >= 4 is 27.5 Å². The molecule has 0 unspecified atom stereocenters. The molecule has 0 heterocycles. The van der Waals surface area contributed by atoms with E-state index in [0.717, 1.165) is 33.0 Å². The summed E-state index contributed by atoms with van der Waals surface area (Å²) < 4.78 is 29.2. The van der Waals surface area contributed by atoms with Gasteiger partial charge in [-0.2, -0.15) is 0 Å². The van der Waals surface area contributed by atoms with Crippen LogP contribution in [0.3, 0.4) is 0 Å². The van der Waals surface area contributed by atoms with Crippen LogP contribution in [0.15, 0.2) is 114 Å². The number of anilines is 1. The first-order chi connectivity index (χ1) is 20.7. The third-order valence-corrected chi connectivity index (χ3v) is 9.13. The van der Waals surface area contributed by atoms with Crippen molar-refractivity contribution in [1.29, 1.82) is 0 Å². The summed E-state index contributed by atoms with van der Waals surface area (Å²) in [5.74, 6) is -0.775. The molecule has 0 radical (unpaired) electrons. The van der Waals surface area contributed by atoms with Crippen molar-refractivity contribution in [3.8, 4) is 0 Å². The van der Waals surface area contributed by atoms with Gasteiger partial charge in [-0.05, 0) is 61.2 Å². The number of benzene rings is 4. The van der Waals surface area contributed by atoms with Gasteiger partial charge in [0.25, 0.3) is 10.0 Å². The van der Waals surface area contributed by atoms with Crippen LogP contribution in [0.1, 0.15) is 36.1 Å². The largest absolute Gasteiger partial charge is 0.355 e. The monoisotopic (exact) mass is 597 g/mol. The van der Waals surface area contributed by atoms with Crippen LogP contribution in [0.25, 0.3) is 0 Å². The molecule has 4 rings (SSSR count). The van der Waals surface area contributed by atoms with Gasteiger partial charge in [0.1, 0.15) is 12.6 Å². The van der Waals surface area contributed by atoms with E-state index < -0.39 is 28.5 Å². The van der Waals surface area contributed by atoms with Crippen molar-refractivity contribution in [2.24, 2.45) is 0 Å². The zero-order valence-electron chi connectivity index (χ0n) is 24.9. The fourth-order valence-electron chi connectivity index (χ4n) is 4.88. The molecule has 0 spiro atoms. The van der Waals surface area contributed by atoms with Crippen molar-refractivity contribution in [2.75, 3.05) is 17.4 Å². The van der Waals surface area contributed by atoms with E-state index in [2.05, 4.69) is 5.32 Å². The Bertz CT molecular complexity index is 1590. The molecule has 0 aliphatic rings. The lowest BCUT2D eigenvalue weighted by molar-refractivity contribution is -0.140. The van der Waals surface area contributed by atoms with Crippen LogP contribution < -0.4 is 9.62 Å². The maximum absolute atomic E-state index is 14.4. The molecule has 0 saturated carbocycles. The highest BCUT2D eigenvalue weighted by Crippen LogP contribution is 2.25. The van der Waals surface area contributed by atoms with Gasteiger partial charge in [-0.3, -0.25) is 13.9 Å². The van der Waals surface area contributed by atoms with E-state index in [1.807, 2.05) is 87.5 Å². The first kappa shape index (κ1) is 31.5. The van der Waals surface area contributed by atoms with Gasteiger partial charge in [0, 0.05) is 19.5 Å². The molecule has 4 aromatic carbocycles. The maximum Gasteiger partial charge on any atom is 0.264 e. The smallest absolute Gasteiger partial charge is 0.264 e. The molecule has 0 aromatic heterocycles. The lowest BCUT2D eigenvalue weighted by Crippen LogP contribution is -2.53. The Morgan fingerprint density at radius 3 is 1.91 bits per heavy atom. The summed E-state index contributed by atoms with van der Waals surface area (Å²) in [6, 6.07) is 31.7. The minimum Gasteiger partial charge on any atom is -0.355 e. The SMILES string of the molecule is CCNC(=O)[C@H](Cc1ccccc1)N(Cc1ccc(C)cc1)C(=O)CN(c1ccc(CC)cc1)S(=O)(=O)c1ccccc1. The van der Waals surface area contributed by atoms with Crippen LogP contribution in [0.2, 0.25) is 0 Å². The van der Waals surface area contributed by atoms with Crippen LogP contribution in [0.5, 0.6) is 0 Å². The number of nitrogens with one attached hydrogen (secondary N) is 1. The number of carbonyl (C=O) groups excluding carboxylic acids is 2. The van der Waals surface area contributed by atoms with E-state index in [9.17, 15) is 18.0 Å². The fourth-order valence-corrected chi connectivity index (χ4v) is 6.32. The summed E-state index contributed by atoms with van der Waals surface area (Å²) in [6.45, 7) is 5.90. The first-order valence-electron chi connectivity index (χ1n) is 14.6. The molecule has 0 fully saturated rings. The molecule has 2 amide bonds. The Morgan fingerprint density at radius 1 is 0.744 bits per heavy atom.